The summed E-state index contributed by atoms with van der Waals surface area (Å²) in [7, 11) is 1.76. The third-order valence-electron chi connectivity index (χ3n) is 5.74. The van der Waals surface area contributed by atoms with E-state index < -0.39 is 11.7 Å². The fourth-order valence-corrected chi connectivity index (χ4v) is 5.14. The van der Waals surface area contributed by atoms with Crippen molar-refractivity contribution in [1.82, 2.24) is 9.55 Å². The zero-order valence-electron chi connectivity index (χ0n) is 16.7. The molecule has 0 bridgehead atoms. The molecule has 5 rings (SSSR count). The summed E-state index contributed by atoms with van der Waals surface area (Å²) in [4.78, 5) is 20.8. The number of pyridine rings is 1. The highest BCUT2D eigenvalue weighted by atomic mass is 32.1. The van der Waals surface area contributed by atoms with Crippen LogP contribution < -0.4 is 15.4 Å². The van der Waals surface area contributed by atoms with Gasteiger partial charge in [0.2, 0.25) is 0 Å². The highest BCUT2D eigenvalue weighted by Crippen LogP contribution is 2.35. The number of rotatable bonds is 2. The van der Waals surface area contributed by atoms with Crippen LogP contribution in [0, 0.1) is 0 Å². The van der Waals surface area contributed by atoms with Crippen molar-refractivity contribution >= 4 is 43.3 Å². The number of thiazole rings is 1. The van der Waals surface area contributed by atoms with Crippen LogP contribution in [-0.4, -0.2) is 35.7 Å². The molecule has 1 aliphatic rings. The number of nitrogens with zero attached hydrogens (tertiary/aromatic N) is 4. The molecule has 0 radical (unpaired) electrons. The summed E-state index contributed by atoms with van der Waals surface area (Å²) >= 11 is 1.58. The van der Waals surface area contributed by atoms with Crippen LogP contribution in [0.2, 0.25) is 0 Å². The fourth-order valence-electron chi connectivity index (χ4n) is 4.00. The molecular formula is C22H19F3N4OS. The Kier molecular flexibility index (Phi) is 4.65. The number of fused-ring (bicyclic) bond motifs is 3. The van der Waals surface area contributed by atoms with Gasteiger partial charge in [-0.05, 0) is 36.4 Å². The van der Waals surface area contributed by atoms with Crippen LogP contribution in [-0.2, 0) is 13.2 Å². The van der Waals surface area contributed by atoms with Gasteiger partial charge >= 0.3 is 6.18 Å². The maximum Gasteiger partial charge on any atom is 0.416 e. The molecule has 1 saturated heterocycles. The minimum atomic E-state index is -4.34. The number of hydrogen-bond donors (Lipinski definition) is 0. The third kappa shape index (κ3) is 3.52. The van der Waals surface area contributed by atoms with Crippen LogP contribution in [0.3, 0.4) is 0 Å². The first-order chi connectivity index (χ1) is 14.8. The second-order valence-corrected chi connectivity index (χ2v) is 8.57. The molecule has 0 aliphatic carbocycles. The zero-order chi connectivity index (χ0) is 21.8. The van der Waals surface area contributed by atoms with Gasteiger partial charge in [-0.3, -0.25) is 4.79 Å². The van der Waals surface area contributed by atoms with Gasteiger partial charge in [-0.15, -0.1) is 0 Å². The molecule has 0 N–H and O–H groups in total. The van der Waals surface area contributed by atoms with Crippen molar-refractivity contribution < 1.29 is 13.2 Å². The van der Waals surface area contributed by atoms with E-state index in [0.717, 1.165) is 32.3 Å². The summed E-state index contributed by atoms with van der Waals surface area (Å²) in [6.07, 6.45) is -4.34. The Balaban J connectivity index is 1.39. The van der Waals surface area contributed by atoms with E-state index in [1.165, 1.54) is 12.1 Å². The minimum Gasteiger partial charge on any atom is -0.368 e. The predicted octanol–water partition coefficient (Wildman–Crippen LogP) is 4.49. The number of piperazine rings is 1. The lowest BCUT2D eigenvalue weighted by Crippen LogP contribution is -2.46. The van der Waals surface area contributed by atoms with E-state index >= 15 is 0 Å². The van der Waals surface area contributed by atoms with Crippen molar-refractivity contribution in [3.8, 4) is 0 Å². The van der Waals surface area contributed by atoms with Gasteiger partial charge in [-0.1, -0.05) is 17.4 Å². The Morgan fingerprint density at radius 3 is 2.45 bits per heavy atom. The number of halogens is 3. The molecule has 9 heteroatoms. The fraction of sp³-hybridized carbons (Fsp3) is 0.273. The first-order valence-corrected chi connectivity index (χ1v) is 10.7. The first kappa shape index (κ1) is 19.9. The van der Waals surface area contributed by atoms with Crippen molar-refractivity contribution in [2.75, 3.05) is 36.0 Å². The van der Waals surface area contributed by atoms with Crippen molar-refractivity contribution in [2.45, 2.75) is 6.18 Å². The van der Waals surface area contributed by atoms with E-state index in [1.807, 2.05) is 23.1 Å². The quantitative estimate of drug-likeness (QED) is 0.457. The summed E-state index contributed by atoms with van der Waals surface area (Å²) in [5.41, 5.74) is 1.66. The topological polar surface area (TPSA) is 41.4 Å². The molecular weight excluding hydrogens is 425 g/mol. The van der Waals surface area contributed by atoms with Crippen LogP contribution >= 0.6 is 11.3 Å². The Morgan fingerprint density at radius 1 is 0.968 bits per heavy atom. The lowest BCUT2D eigenvalue weighted by Gasteiger charge is -2.36. The summed E-state index contributed by atoms with van der Waals surface area (Å²) < 4.78 is 41.7. The molecule has 4 aromatic rings. The maximum atomic E-state index is 13.0. The SMILES string of the molecule is Cn1c(=O)ccc2c3sc(N4CCN(c5cccc(C(F)(F)F)c5)CC4)nc3ccc21. The van der Waals surface area contributed by atoms with Gasteiger partial charge in [-0.25, -0.2) is 4.98 Å². The second kappa shape index (κ2) is 7.26. The van der Waals surface area contributed by atoms with E-state index in [2.05, 4.69) is 4.90 Å². The lowest BCUT2D eigenvalue weighted by molar-refractivity contribution is -0.137. The predicted molar refractivity (Wildman–Crippen MR) is 118 cm³/mol. The van der Waals surface area contributed by atoms with Gasteiger partial charge in [0, 0.05) is 50.4 Å². The molecule has 0 saturated carbocycles. The van der Waals surface area contributed by atoms with E-state index in [1.54, 1.807) is 35.1 Å². The monoisotopic (exact) mass is 444 g/mol. The number of aromatic nitrogens is 2. The normalized spacial score (nSPS) is 15.2. The van der Waals surface area contributed by atoms with Gasteiger partial charge in [-0.2, -0.15) is 13.2 Å². The summed E-state index contributed by atoms with van der Waals surface area (Å²) in [5, 5.41) is 1.88. The molecule has 3 heterocycles. The van der Waals surface area contributed by atoms with E-state index in [0.29, 0.717) is 31.9 Å². The second-order valence-electron chi connectivity index (χ2n) is 7.60. The molecule has 0 unspecified atom stereocenters. The van der Waals surface area contributed by atoms with Crippen LogP contribution in [0.5, 0.6) is 0 Å². The number of alkyl halides is 3. The molecule has 31 heavy (non-hydrogen) atoms. The standard InChI is InChI=1S/C22H19F3N4OS/c1-27-18-7-6-17-20(16(18)5-8-19(27)30)31-21(26-17)29-11-9-28(10-12-29)15-4-2-3-14(13-15)22(23,24)25/h2-8,13H,9-12H2,1H3. The largest absolute Gasteiger partial charge is 0.416 e. The van der Waals surface area contributed by atoms with E-state index in [-0.39, 0.29) is 5.56 Å². The molecule has 0 amide bonds. The summed E-state index contributed by atoms with van der Waals surface area (Å²) in [5.74, 6) is 0. The average Bonchev–Trinajstić information content (AvgIpc) is 3.20. The Labute approximate surface area is 180 Å². The van der Waals surface area contributed by atoms with Gasteiger partial charge < -0.3 is 14.4 Å². The highest BCUT2D eigenvalue weighted by Gasteiger charge is 2.31. The molecule has 1 fully saturated rings. The van der Waals surface area contributed by atoms with Crippen molar-refractivity contribution in [3.63, 3.8) is 0 Å². The molecule has 1 aliphatic heterocycles. The van der Waals surface area contributed by atoms with Crippen LogP contribution in [0.4, 0.5) is 24.0 Å². The van der Waals surface area contributed by atoms with Gasteiger partial charge in [0.15, 0.2) is 5.13 Å². The summed E-state index contributed by atoms with van der Waals surface area (Å²) in [6.45, 7) is 2.58. The van der Waals surface area contributed by atoms with Gasteiger partial charge in [0.1, 0.15) is 0 Å². The third-order valence-corrected chi connectivity index (χ3v) is 6.90. The lowest BCUT2D eigenvalue weighted by atomic mass is 10.1. The zero-order valence-corrected chi connectivity index (χ0v) is 17.5. The minimum absolute atomic E-state index is 0.0534. The van der Waals surface area contributed by atoms with Crippen molar-refractivity contribution in [3.05, 3.63) is 64.4 Å². The number of aryl methyl sites for hydroxylation is 1. The number of hydrogen-bond acceptors (Lipinski definition) is 5. The maximum absolute atomic E-state index is 13.0. The van der Waals surface area contributed by atoms with Gasteiger partial charge in [0.05, 0.1) is 21.3 Å². The molecule has 5 nitrogen and oxygen atoms in total. The molecule has 0 spiro atoms. The first-order valence-electron chi connectivity index (χ1n) is 9.88. The molecule has 0 atom stereocenters. The molecule has 2 aromatic carbocycles. The smallest absolute Gasteiger partial charge is 0.368 e. The number of anilines is 2. The van der Waals surface area contributed by atoms with Crippen molar-refractivity contribution in [1.29, 1.82) is 0 Å². The van der Waals surface area contributed by atoms with Crippen LogP contribution in [0.15, 0.2) is 53.3 Å². The Bertz CT molecular complexity index is 1340. The average molecular weight is 444 g/mol. The van der Waals surface area contributed by atoms with Crippen LogP contribution in [0.25, 0.3) is 21.1 Å². The number of benzene rings is 2. The van der Waals surface area contributed by atoms with Crippen LogP contribution in [0.1, 0.15) is 5.56 Å². The summed E-state index contributed by atoms with van der Waals surface area (Å²) in [6, 6.07) is 12.7. The van der Waals surface area contributed by atoms with Gasteiger partial charge in [0.25, 0.3) is 5.56 Å². The van der Waals surface area contributed by atoms with E-state index in [9.17, 15) is 18.0 Å². The molecule has 2 aromatic heterocycles. The highest BCUT2D eigenvalue weighted by molar-refractivity contribution is 7.23. The molecule has 160 valence electrons. The van der Waals surface area contributed by atoms with Crippen molar-refractivity contribution in [2.24, 2.45) is 7.05 Å². The Hall–Kier alpha value is -3.07. The van der Waals surface area contributed by atoms with E-state index in [4.69, 9.17) is 4.98 Å². The Morgan fingerprint density at radius 2 is 1.71 bits per heavy atom.